The lowest BCUT2D eigenvalue weighted by Gasteiger charge is -2.21. The predicted molar refractivity (Wildman–Crippen MR) is 83.4 cm³/mol. The highest BCUT2D eigenvalue weighted by atomic mass is 79.9. The number of hydrogen-bond donors (Lipinski definition) is 1. The summed E-state index contributed by atoms with van der Waals surface area (Å²) in [4.78, 5) is 0. The Balaban J connectivity index is 1.92. The molecule has 0 aromatic heterocycles. The molecule has 3 heteroatoms. The maximum atomic E-state index is 5.43. The fourth-order valence-corrected chi connectivity index (χ4v) is 2.85. The minimum atomic E-state index is 0.327. The molecule has 1 N–H and O–H groups in total. The van der Waals surface area contributed by atoms with Gasteiger partial charge in [0.25, 0.3) is 0 Å². The fraction of sp³-hybridized carbons (Fsp3) is 0.625. The van der Waals surface area contributed by atoms with Gasteiger partial charge in [0.05, 0.1) is 6.10 Å². The molecule has 0 radical (unpaired) electrons. The maximum Gasteiger partial charge on any atom is 0.0546 e. The largest absolute Gasteiger partial charge is 0.382 e. The van der Waals surface area contributed by atoms with Crippen LogP contribution in [0.15, 0.2) is 28.7 Å². The van der Waals surface area contributed by atoms with Crippen LogP contribution in [0.3, 0.4) is 0 Å². The van der Waals surface area contributed by atoms with E-state index in [1.165, 1.54) is 22.9 Å². The Hall–Kier alpha value is -0.380. The first kappa shape index (κ1) is 15.0. The normalized spacial score (nSPS) is 18.3. The van der Waals surface area contributed by atoms with E-state index in [2.05, 4.69) is 52.4 Å². The smallest absolute Gasteiger partial charge is 0.0546 e. The standard InChI is InChI=1S/C16H24BrNO/c1-12(19-2)9-13(11-18-15-7-8-15)10-14-5-3-4-6-16(14)17/h3-6,12-13,15,18H,7-11H2,1-2H3. The van der Waals surface area contributed by atoms with Crippen molar-refractivity contribution in [1.29, 1.82) is 0 Å². The highest BCUT2D eigenvalue weighted by molar-refractivity contribution is 9.10. The van der Waals surface area contributed by atoms with E-state index < -0.39 is 0 Å². The molecule has 1 saturated carbocycles. The third-order valence-electron chi connectivity index (χ3n) is 3.81. The van der Waals surface area contributed by atoms with Crippen LogP contribution in [0.2, 0.25) is 0 Å². The molecule has 0 aliphatic heterocycles. The summed E-state index contributed by atoms with van der Waals surface area (Å²) in [6, 6.07) is 9.31. The molecule has 0 amide bonds. The zero-order chi connectivity index (χ0) is 13.7. The molecule has 0 saturated heterocycles. The van der Waals surface area contributed by atoms with E-state index in [1.54, 1.807) is 7.11 Å². The summed E-state index contributed by atoms with van der Waals surface area (Å²) in [5.74, 6) is 0.634. The number of benzene rings is 1. The number of halogens is 1. The number of nitrogens with one attached hydrogen (secondary N) is 1. The van der Waals surface area contributed by atoms with Gasteiger partial charge in [0.1, 0.15) is 0 Å². The molecule has 1 aliphatic carbocycles. The van der Waals surface area contributed by atoms with Crippen molar-refractivity contribution >= 4 is 15.9 Å². The molecule has 0 bridgehead atoms. The van der Waals surface area contributed by atoms with Gasteiger partial charge < -0.3 is 10.1 Å². The average Bonchev–Trinajstić information content (AvgIpc) is 3.22. The Labute approximate surface area is 125 Å². The van der Waals surface area contributed by atoms with Gasteiger partial charge in [0.2, 0.25) is 0 Å². The SMILES string of the molecule is COC(C)CC(CNC1CC1)Cc1ccccc1Br. The highest BCUT2D eigenvalue weighted by Gasteiger charge is 2.23. The van der Waals surface area contributed by atoms with Crippen LogP contribution in [0.25, 0.3) is 0 Å². The van der Waals surface area contributed by atoms with Crippen molar-refractivity contribution in [3.63, 3.8) is 0 Å². The molecule has 1 fully saturated rings. The zero-order valence-electron chi connectivity index (χ0n) is 11.9. The Kier molecular flexibility index (Phi) is 5.86. The molecule has 1 aliphatic rings. The predicted octanol–water partition coefficient (Wildman–Crippen LogP) is 3.78. The molecule has 19 heavy (non-hydrogen) atoms. The van der Waals surface area contributed by atoms with Crippen LogP contribution in [-0.2, 0) is 11.2 Å². The zero-order valence-corrected chi connectivity index (χ0v) is 13.4. The quantitative estimate of drug-likeness (QED) is 0.785. The van der Waals surface area contributed by atoms with Crippen LogP contribution in [0.5, 0.6) is 0 Å². The van der Waals surface area contributed by atoms with Crippen molar-refractivity contribution in [3.05, 3.63) is 34.3 Å². The van der Waals surface area contributed by atoms with Gasteiger partial charge in [-0.05, 0) is 56.7 Å². The van der Waals surface area contributed by atoms with Crippen molar-refractivity contribution < 1.29 is 4.74 Å². The summed E-state index contributed by atoms with van der Waals surface area (Å²) < 4.78 is 6.65. The van der Waals surface area contributed by atoms with Crippen molar-refractivity contribution in [2.45, 2.75) is 44.8 Å². The second-order valence-electron chi connectivity index (χ2n) is 5.63. The fourth-order valence-electron chi connectivity index (χ4n) is 2.40. The lowest BCUT2D eigenvalue weighted by atomic mass is 9.94. The van der Waals surface area contributed by atoms with Gasteiger partial charge in [-0.2, -0.15) is 0 Å². The molecular weight excluding hydrogens is 302 g/mol. The summed E-state index contributed by atoms with van der Waals surface area (Å²) in [5, 5.41) is 3.65. The average molecular weight is 326 g/mol. The molecule has 0 heterocycles. The van der Waals surface area contributed by atoms with Crippen molar-refractivity contribution in [3.8, 4) is 0 Å². The minimum absolute atomic E-state index is 0.327. The van der Waals surface area contributed by atoms with E-state index in [0.29, 0.717) is 12.0 Å². The van der Waals surface area contributed by atoms with E-state index in [0.717, 1.165) is 25.4 Å². The molecule has 2 nitrogen and oxygen atoms in total. The highest BCUT2D eigenvalue weighted by Crippen LogP contribution is 2.24. The summed E-state index contributed by atoms with van der Waals surface area (Å²) in [7, 11) is 1.80. The first-order chi connectivity index (χ1) is 9.19. The van der Waals surface area contributed by atoms with Gasteiger partial charge >= 0.3 is 0 Å². The number of ether oxygens (including phenoxy) is 1. The van der Waals surface area contributed by atoms with E-state index in [9.17, 15) is 0 Å². The molecule has 1 aromatic rings. The maximum absolute atomic E-state index is 5.43. The van der Waals surface area contributed by atoms with E-state index in [1.807, 2.05) is 0 Å². The van der Waals surface area contributed by atoms with Crippen LogP contribution >= 0.6 is 15.9 Å². The first-order valence-corrected chi connectivity index (χ1v) is 7.98. The van der Waals surface area contributed by atoms with Crippen LogP contribution in [0.4, 0.5) is 0 Å². The summed E-state index contributed by atoms with van der Waals surface area (Å²) >= 11 is 3.65. The van der Waals surface area contributed by atoms with Gasteiger partial charge in [-0.1, -0.05) is 34.1 Å². The molecule has 0 spiro atoms. The number of hydrogen-bond acceptors (Lipinski definition) is 2. The topological polar surface area (TPSA) is 21.3 Å². The van der Waals surface area contributed by atoms with Crippen molar-refractivity contribution in [2.75, 3.05) is 13.7 Å². The van der Waals surface area contributed by atoms with Crippen molar-refractivity contribution in [1.82, 2.24) is 5.32 Å². The lowest BCUT2D eigenvalue weighted by molar-refractivity contribution is 0.0945. The van der Waals surface area contributed by atoms with Crippen LogP contribution in [0, 0.1) is 5.92 Å². The number of rotatable bonds is 8. The van der Waals surface area contributed by atoms with E-state index in [4.69, 9.17) is 4.74 Å². The van der Waals surface area contributed by atoms with Crippen LogP contribution in [-0.4, -0.2) is 25.8 Å². The van der Waals surface area contributed by atoms with Crippen molar-refractivity contribution in [2.24, 2.45) is 5.92 Å². The van der Waals surface area contributed by atoms with Gasteiger partial charge in [-0.25, -0.2) is 0 Å². The molecule has 1 aromatic carbocycles. The van der Waals surface area contributed by atoms with Gasteiger partial charge in [-0.15, -0.1) is 0 Å². The summed E-state index contributed by atoms with van der Waals surface area (Å²) in [6.45, 7) is 3.25. The molecule has 2 atom stereocenters. The van der Waals surface area contributed by atoms with E-state index >= 15 is 0 Å². The molecule has 2 rings (SSSR count). The molecule has 2 unspecified atom stereocenters. The first-order valence-electron chi connectivity index (χ1n) is 7.18. The Morgan fingerprint density at radius 3 is 2.74 bits per heavy atom. The summed E-state index contributed by atoms with van der Waals surface area (Å²) in [6.07, 6.45) is 5.24. The Bertz CT molecular complexity index is 392. The van der Waals surface area contributed by atoms with E-state index in [-0.39, 0.29) is 0 Å². The lowest BCUT2D eigenvalue weighted by Crippen LogP contribution is -2.28. The van der Waals surface area contributed by atoms with Crippen LogP contribution < -0.4 is 5.32 Å². The number of methoxy groups -OCH3 is 1. The Morgan fingerprint density at radius 2 is 2.11 bits per heavy atom. The summed E-state index contributed by atoms with van der Waals surface area (Å²) in [5.41, 5.74) is 1.40. The second-order valence-corrected chi connectivity index (χ2v) is 6.48. The monoisotopic (exact) mass is 325 g/mol. The third kappa shape index (κ3) is 5.25. The Morgan fingerprint density at radius 1 is 1.37 bits per heavy atom. The van der Waals surface area contributed by atoms with Gasteiger partial charge in [-0.3, -0.25) is 0 Å². The third-order valence-corrected chi connectivity index (χ3v) is 4.58. The van der Waals surface area contributed by atoms with Crippen LogP contribution in [0.1, 0.15) is 31.7 Å². The molecular formula is C16H24BrNO. The second kappa shape index (κ2) is 7.41. The van der Waals surface area contributed by atoms with Gasteiger partial charge in [0.15, 0.2) is 0 Å². The van der Waals surface area contributed by atoms with Gasteiger partial charge in [0, 0.05) is 17.6 Å². The molecule has 106 valence electrons. The minimum Gasteiger partial charge on any atom is -0.382 e.